The van der Waals surface area contributed by atoms with E-state index in [2.05, 4.69) is 38.2 Å². The topological polar surface area (TPSA) is 97.9 Å². The van der Waals surface area contributed by atoms with Crippen molar-refractivity contribution >= 4 is 27.7 Å². The Morgan fingerprint density at radius 3 is 2.50 bits per heavy atom. The van der Waals surface area contributed by atoms with Crippen LogP contribution in [-0.2, 0) is 11.3 Å². The zero-order valence-corrected chi connectivity index (χ0v) is 19.0. The molecule has 1 aromatic rings. The minimum Gasteiger partial charge on any atom is -0.404 e. The molecular weight excluding hydrogens is 448 g/mol. The number of hydrogen-bond acceptors (Lipinski definition) is 6. The molecule has 8 nitrogen and oxygen atoms in total. The number of nitrogens with one attached hydrogen (secondary N) is 2. The van der Waals surface area contributed by atoms with Gasteiger partial charge in [0.25, 0.3) is 5.91 Å². The monoisotopic (exact) mass is 478 g/mol. The first kappa shape index (κ1) is 22.7. The standard InChI is InChI=1S/C21H31BrN6O2/c1-26-8-10-27(11-9-26)15-16-2-4-17(5-3-16)21(29)25-28(20(24)19(22)14-23)18-6-12-30-13-7-18/h2-5,14,18,24H,6-13,15,23H2,1H3,(H,25,29). The molecule has 0 aliphatic carbocycles. The van der Waals surface area contributed by atoms with E-state index in [1.807, 2.05) is 24.3 Å². The summed E-state index contributed by atoms with van der Waals surface area (Å²) < 4.78 is 5.85. The summed E-state index contributed by atoms with van der Waals surface area (Å²) >= 11 is 3.30. The quantitative estimate of drug-likeness (QED) is 0.338. The zero-order chi connectivity index (χ0) is 21.5. The van der Waals surface area contributed by atoms with E-state index >= 15 is 0 Å². The molecular formula is C21H31BrN6O2. The van der Waals surface area contributed by atoms with Crippen molar-refractivity contribution in [1.82, 2.24) is 20.2 Å². The maximum atomic E-state index is 12.9. The van der Waals surface area contributed by atoms with Crippen molar-refractivity contribution in [1.29, 1.82) is 5.41 Å². The van der Waals surface area contributed by atoms with Crippen LogP contribution >= 0.6 is 15.9 Å². The summed E-state index contributed by atoms with van der Waals surface area (Å²) in [6, 6.07) is 7.69. The molecule has 2 fully saturated rings. The zero-order valence-electron chi connectivity index (χ0n) is 17.4. The molecule has 2 aliphatic heterocycles. The molecule has 2 saturated heterocycles. The van der Waals surface area contributed by atoms with Gasteiger partial charge in [0.15, 0.2) is 5.84 Å². The highest BCUT2D eigenvalue weighted by atomic mass is 79.9. The molecule has 30 heavy (non-hydrogen) atoms. The number of likely N-dealkylation sites (N-methyl/N-ethyl adjacent to an activating group) is 1. The molecule has 1 amide bonds. The lowest BCUT2D eigenvalue weighted by molar-refractivity contribution is 0.0393. The number of hydrazine groups is 1. The number of nitrogens with zero attached hydrogens (tertiary/aromatic N) is 3. The second kappa shape index (κ2) is 10.9. The van der Waals surface area contributed by atoms with E-state index in [-0.39, 0.29) is 17.8 Å². The van der Waals surface area contributed by atoms with E-state index < -0.39 is 0 Å². The minimum absolute atomic E-state index is 0.0146. The number of halogens is 1. The van der Waals surface area contributed by atoms with Crippen LogP contribution in [0, 0.1) is 5.41 Å². The number of piperazine rings is 1. The molecule has 2 heterocycles. The van der Waals surface area contributed by atoms with E-state index in [9.17, 15) is 4.79 Å². The van der Waals surface area contributed by atoms with Gasteiger partial charge < -0.3 is 15.4 Å². The predicted octanol–water partition coefficient (Wildman–Crippen LogP) is 1.73. The van der Waals surface area contributed by atoms with Gasteiger partial charge in [-0.25, -0.2) is 0 Å². The molecule has 1 aromatic carbocycles. The van der Waals surface area contributed by atoms with Crippen molar-refractivity contribution < 1.29 is 9.53 Å². The summed E-state index contributed by atoms with van der Waals surface area (Å²) in [6.07, 6.45) is 2.78. The van der Waals surface area contributed by atoms with Crippen LogP contribution in [0.5, 0.6) is 0 Å². The number of hydrogen-bond donors (Lipinski definition) is 3. The van der Waals surface area contributed by atoms with Crippen LogP contribution in [0.1, 0.15) is 28.8 Å². The number of benzene rings is 1. The maximum absolute atomic E-state index is 12.9. The highest BCUT2D eigenvalue weighted by Crippen LogP contribution is 2.18. The van der Waals surface area contributed by atoms with Gasteiger partial charge in [0, 0.05) is 57.7 Å². The van der Waals surface area contributed by atoms with E-state index in [0.717, 1.165) is 45.6 Å². The second-order valence-corrected chi connectivity index (χ2v) is 8.65. The molecule has 0 aromatic heterocycles. The third-order valence-corrected chi connectivity index (χ3v) is 6.25. The highest BCUT2D eigenvalue weighted by Gasteiger charge is 2.27. The van der Waals surface area contributed by atoms with E-state index in [1.54, 1.807) is 5.01 Å². The Morgan fingerprint density at radius 1 is 1.27 bits per heavy atom. The van der Waals surface area contributed by atoms with Gasteiger partial charge in [0.2, 0.25) is 0 Å². The number of ether oxygens (including phenoxy) is 1. The SMILES string of the molecule is CN1CCN(Cc2ccc(C(=O)NN(C(=N)C(Br)=CN)C3CCOCC3)cc2)CC1. The van der Waals surface area contributed by atoms with E-state index in [4.69, 9.17) is 15.9 Å². The van der Waals surface area contributed by atoms with Gasteiger partial charge in [-0.3, -0.25) is 25.5 Å². The molecule has 3 rings (SSSR count). The van der Waals surface area contributed by atoms with E-state index in [1.165, 1.54) is 11.8 Å². The third kappa shape index (κ3) is 6.04. The smallest absolute Gasteiger partial charge is 0.269 e. The van der Waals surface area contributed by atoms with Crippen LogP contribution in [0.2, 0.25) is 0 Å². The number of nitrogens with two attached hydrogens (primary N) is 1. The fourth-order valence-electron chi connectivity index (χ4n) is 3.67. The van der Waals surface area contributed by atoms with Crippen molar-refractivity contribution in [3.63, 3.8) is 0 Å². The van der Waals surface area contributed by atoms with Crippen molar-refractivity contribution in [3.8, 4) is 0 Å². The Morgan fingerprint density at radius 2 is 1.90 bits per heavy atom. The van der Waals surface area contributed by atoms with E-state index in [0.29, 0.717) is 23.3 Å². The van der Waals surface area contributed by atoms with Crippen LogP contribution in [0.4, 0.5) is 0 Å². The summed E-state index contributed by atoms with van der Waals surface area (Å²) in [5, 5.41) is 10.00. The Hall–Kier alpha value is -1.94. The fourth-order valence-corrected chi connectivity index (χ4v) is 3.86. The maximum Gasteiger partial charge on any atom is 0.269 e. The van der Waals surface area contributed by atoms with Crippen LogP contribution in [-0.4, -0.2) is 79.0 Å². The van der Waals surface area contributed by atoms with Gasteiger partial charge in [-0.1, -0.05) is 12.1 Å². The van der Waals surface area contributed by atoms with Crippen LogP contribution in [0.25, 0.3) is 0 Å². The molecule has 4 N–H and O–H groups in total. The molecule has 164 valence electrons. The van der Waals surface area contributed by atoms with Crippen molar-refractivity contribution in [2.24, 2.45) is 5.73 Å². The molecule has 0 atom stereocenters. The second-order valence-electron chi connectivity index (χ2n) is 7.79. The summed E-state index contributed by atoms with van der Waals surface area (Å²) in [5.74, 6) is -0.112. The molecule has 0 radical (unpaired) electrons. The molecule has 0 bridgehead atoms. The van der Waals surface area contributed by atoms with Gasteiger partial charge in [-0.15, -0.1) is 0 Å². The average molecular weight is 479 g/mol. The Labute approximate surface area is 186 Å². The molecule has 2 aliphatic rings. The fraction of sp³-hybridized carbons (Fsp3) is 0.524. The van der Waals surface area contributed by atoms with Gasteiger partial charge in [0.05, 0.1) is 10.5 Å². The first-order valence-corrected chi connectivity index (χ1v) is 11.1. The minimum atomic E-state index is -0.241. The normalized spacial score (nSPS) is 19.5. The summed E-state index contributed by atoms with van der Waals surface area (Å²) in [7, 11) is 2.15. The lowest BCUT2D eigenvalue weighted by Crippen LogP contribution is -2.53. The molecule has 0 saturated carbocycles. The number of amides is 1. The van der Waals surface area contributed by atoms with Crippen LogP contribution in [0.3, 0.4) is 0 Å². The Kier molecular flexibility index (Phi) is 8.26. The van der Waals surface area contributed by atoms with Crippen molar-refractivity contribution in [3.05, 3.63) is 46.1 Å². The lowest BCUT2D eigenvalue weighted by Gasteiger charge is -2.35. The first-order valence-electron chi connectivity index (χ1n) is 10.3. The average Bonchev–Trinajstić information content (AvgIpc) is 2.79. The first-order chi connectivity index (χ1) is 14.5. The largest absolute Gasteiger partial charge is 0.404 e. The number of amidine groups is 1. The molecule has 0 unspecified atom stereocenters. The Bertz CT molecular complexity index is 755. The number of rotatable bonds is 5. The summed E-state index contributed by atoms with van der Waals surface area (Å²) in [5.41, 5.74) is 10.2. The van der Waals surface area contributed by atoms with Crippen molar-refractivity contribution in [2.75, 3.05) is 46.4 Å². The van der Waals surface area contributed by atoms with Gasteiger partial charge >= 0.3 is 0 Å². The van der Waals surface area contributed by atoms with Gasteiger partial charge in [-0.05, 0) is 53.5 Å². The van der Waals surface area contributed by atoms with Crippen LogP contribution in [0.15, 0.2) is 34.9 Å². The number of carbonyl (C=O) groups is 1. The van der Waals surface area contributed by atoms with Crippen molar-refractivity contribution in [2.45, 2.75) is 25.4 Å². The third-order valence-electron chi connectivity index (χ3n) is 5.61. The highest BCUT2D eigenvalue weighted by molar-refractivity contribution is 9.12. The summed E-state index contributed by atoms with van der Waals surface area (Å²) in [6.45, 7) is 6.39. The van der Waals surface area contributed by atoms with Crippen LogP contribution < -0.4 is 11.2 Å². The lowest BCUT2D eigenvalue weighted by atomic mass is 10.1. The molecule has 0 spiro atoms. The van der Waals surface area contributed by atoms with Gasteiger partial charge in [0.1, 0.15) is 0 Å². The molecule has 9 heteroatoms. The Balaban J connectivity index is 1.63. The summed E-state index contributed by atoms with van der Waals surface area (Å²) in [4.78, 5) is 17.7. The predicted molar refractivity (Wildman–Crippen MR) is 121 cm³/mol. The number of carbonyl (C=O) groups excluding carboxylic acids is 1. The van der Waals surface area contributed by atoms with Gasteiger partial charge in [-0.2, -0.15) is 0 Å².